The lowest BCUT2D eigenvalue weighted by Crippen LogP contribution is -2.12. The van der Waals surface area contributed by atoms with Crippen LogP contribution < -0.4 is 0 Å². The van der Waals surface area contributed by atoms with Crippen LogP contribution >= 0.6 is 0 Å². The molecule has 1 aliphatic carbocycles. The summed E-state index contributed by atoms with van der Waals surface area (Å²) in [7, 11) is 0. The van der Waals surface area contributed by atoms with Gasteiger partial charge in [-0.1, -0.05) is 64.7 Å². The zero-order valence-corrected chi connectivity index (χ0v) is 13.9. The van der Waals surface area contributed by atoms with Gasteiger partial charge in [0.15, 0.2) is 0 Å². The van der Waals surface area contributed by atoms with Gasteiger partial charge in [-0.3, -0.25) is 4.79 Å². The number of ether oxygens (including phenoxy) is 2. The monoisotopic (exact) mass is 298 g/mol. The predicted molar refractivity (Wildman–Crippen MR) is 86.3 cm³/mol. The van der Waals surface area contributed by atoms with E-state index in [9.17, 15) is 4.79 Å². The van der Waals surface area contributed by atoms with Crippen LogP contribution in [0.3, 0.4) is 0 Å². The van der Waals surface area contributed by atoms with Crippen LogP contribution in [-0.2, 0) is 14.3 Å². The smallest absolute Gasteiger partial charge is 0.309 e. The van der Waals surface area contributed by atoms with Gasteiger partial charge >= 0.3 is 5.97 Å². The molecule has 21 heavy (non-hydrogen) atoms. The molecule has 0 amide bonds. The van der Waals surface area contributed by atoms with E-state index in [1.165, 1.54) is 57.8 Å². The molecule has 0 radical (unpaired) electrons. The Hall–Kier alpha value is -0.570. The molecule has 1 aliphatic rings. The second-order valence-corrected chi connectivity index (χ2v) is 6.24. The second kappa shape index (κ2) is 13.1. The standard InChI is InChI=1S/C18H34O3/c1-2-3-4-5-6-7-8-9-10-11-14-20-15-16-21-18(19)17-12-13-17/h17H,2-16H2,1H3. The van der Waals surface area contributed by atoms with Crippen LogP contribution in [0, 0.1) is 5.92 Å². The van der Waals surface area contributed by atoms with Crippen LogP contribution in [-0.4, -0.2) is 25.8 Å². The van der Waals surface area contributed by atoms with Crippen molar-refractivity contribution in [3.63, 3.8) is 0 Å². The highest BCUT2D eigenvalue weighted by molar-refractivity contribution is 5.74. The van der Waals surface area contributed by atoms with Crippen molar-refractivity contribution < 1.29 is 14.3 Å². The van der Waals surface area contributed by atoms with E-state index in [1.54, 1.807) is 0 Å². The number of rotatable bonds is 15. The van der Waals surface area contributed by atoms with Crippen LogP contribution in [0.25, 0.3) is 0 Å². The van der Waals surface area contributed by atoms with Gasteiger partial charge < -0.3 is 9.47 Å². The van der Waals surface area contributed by atoms with Gasteiger partial charge in [-0.05, 0) is 19.3 Å². The Morgan fingerprint density at radius 3 is 1.95 bits per heavy atom. The van der Waals surface area contributed by atoms with E-state index in [4.69, 9.17) is 9.47 Å². The Morgan fingerprint density at radius 2 is 1.38 bits per heavy atom. The zero-order valence-electron chi connectivity index (χ0n) is 13.9. The van der Waals surface area contributed by atoms with Crippen LogP contribution in [0.2, 0.25) is 0 Å². The summed E-state index contributed by atoms with van der Waals surface area (Å²) in [6.45, 7) is 4.04. The molecule has 0 N–H and O–H groups in total. The van der Waals surface area contributed by atoms with Crippen LogP contribution in [0.1, 0.15) is 84.0 Å². The first-order chi connectivity index (χ1) is 10.3. The van der Waals surface area contributed by atoms with Crippen molar-refractivity contribution in [2.24, 2.45) is 5.92 Å². The van der Waals surface area contributed by atoms with Crippen molar-refractivity contribution in [2.75, 3.05) is 19.8 Å². The molecule has 3 heteroatoms. The van der Waals surface area contributed by atoms with Crippen LogP contribution in [0.15, 0.2) is 0 Å². The van der Waals surface area contributed by atoms with Crippen molar-refractivity contribution in [2.45, 2.75) is 84.0 Å². The third kappa shape index (κ3) is 11.7. The van der Waals surface area contributed by atoms with Crippen molar-refractivity contribution in [1.82, 2.24) is 0 Å². The minimum atomic E-state index is -0.0301. The molecular formula is C18H34O3. The van der Waals surface area contributed by atoms with E-state index in [-0.39, 0.29) is 11.9 Å². The van der Waals surface area contributed by atoms with Gasteiger partial charge in [-0.25, -0.2) is 0 Å². The average molecular weight is 298 g/mol. The predicted octanol–water partition coefficient (Wildman–Crippen LogP) is 4.88. The first-order valence-electron chi connectivity index (χ1n) is 9.09. The summed E-state index contributed by atoms with van der Waals surface area (Å²) < 4.78 is 10.6. The van der Waals surface area contributed by atoms with Crippen molar-refractivity contribution in [1.29, 1.82) is 0 Å². The third-order valence-electron chi connectivity index (χ3n) is 4.02. The molecule has 0 spiro atoms. The fraction of sp³-hybridized carbons (Fsp3) is 0.944. The minimum absolute atomic E-state index is 0.0301. The summed E-state index contributed by atoms with van der Waals surface area (Å²) in [5.74, 6) is 0.171. The lowest BCUT2D eigenvalue weighted by molar-refractivity contribution is -0.146. The molecule has 1 fully saturated rings. The number of carbonyl (C=O) groups is 1. The number of carbonyl (C=O) groups excluding carboxylic acids is 1. The SMILES string of the molecule is CCCCCCCCCCCCOCCOC(=O)C1CC1. The van der Waals surface area contributed by atoms with Gasteiger partial charge in [0.05, 0.1) is 12.5 Å². The van der Waals surface area contributed by atoms with E-state index in [0.717, 1.165) is 25.9 Å². The van der Waals surface area contributed by atoms with E-state index in [2.05, 4.69) is 6.92 Å². The molecule has 1 rings (SSSR count). The third-order valence-corrected chi connectivity index (χ3v) is 4.02. The summed E-state index contributed by atoms with van der Waals surface area (Å²) >= 11 is 0. The molecule has 0 aliphatic heterocycles. The number of hydrogen-bond acceptors (Lipinski definition) is 3. The average Bonchev–Trinajstić information content (AvgIpc) is 3.32. The molecule has 0 aromatic carbocycles. The molecule has 0 bridgehead atoms. The van der Waals surface area contributed by atoms with E-state index < -0.39 is 0 Å². The Labute approximate surface area is 130 Å². The van der Waals surface area contributed by atoms with Crippen molar-refractivity contribution >= 4 is 5.97 Å². The quantitative estimate of drug-likeness (QED) is 0.319. The van der Waals surface area contributed by atoms with Crippen LogP contribution in [0.4, 0.5) is 0 Å². The Morgan fingerprint density at radius 1 is 0.810 bits per heavy atom. The summed E-state index contributed by atoms with van der Waals surface area (Å²) in [5.41, 5.74) is 0. The highest BCUT2D eigenvalue weighted by atomic mass is 16.6. The van der Waals surface area contributed by atoms with E-state index in [0.29, 0.717) is 13.2 Å². The summed E-state index contributed by atoms with van der Waals surface area (Å²) in [5, 5.41) is 0. The molecule has 0 aromatic rings. The number of hydrogen-bond donors (Lipinski definition) is 0. The van der Waals surface area contributed by atoms with Crippen molar-refractivity contribution in [3.05, 3.63) is 0 Å². The maximum atomic E-state index is 11.2. The molecule has 0 aromatic heterocycles. The van der Waals surface area contributed by atoms with E-state index >= 15 is 0 Å². The number of unbranched alkanes of at least 4 members (excludes halogenated alkanes) is 9. The van der Waals surface area contributed by atoms with Gasteiger partial charge in [0, 0.05) is 6.61 Å². The number of esters is 1. The molecule has 0 saturated heterocycles. The maximum absolute atomic E-state index is 11.2. The molecular weight excluding hydrogens is 264 g/mol. The summed E-state index contributed by atoms with van der Waals surface area (Å²) in [4.78, 5) is 11.2. The highest BCUT2D eigenvalue weighted by Crippen LogP contribution is 2.29. The molecule has 0 atom stereocenters. The van der Waals surface area contributed by atoms with Gasteiger partial charge in [0.2, 0.25) is 0 Å². The Bertz CT molecular complexity index is 249. The first kappa shape index (κ1) is 18.5. The summed E-state index contributed by atoms with van der Waals surface area (Å²) in [6.07, 6.45) is 15.5. The van der Waals surface area contributed by atoms with E-state index in [1.807, 2.05) is 0 Å². The molecule has 3 nitrogen and oxygen atoms in total. The lowest BCUT2D eigenvalue weighted by atomic mass is 10.1. The normalized spacial score (nSPS) is 14.3. The molecule has 1 saturated carbocycles. The largest absolute Gasteiger partial charge is 0.463 e. The summed E-state index contributed by atoms with van der Waals surface area (Å²) in [6, 6.07) is 0. The molecule has 0 unspecified atom stereocenters. The Kier molecular flexibility index (Phi) is 11.5. The highest BCUT2D eigenvalue weighted by Gasteiger charge is 2.30. The van der Waals surface area contributed by atoms with Gasteiger partial charge in [-0.15, -0.1) is 0 Å². The maximum Gasteiger partial charge on any atom is 0.309 e. The van der Waals surface area contributed by atoms with Crippen molar-refractivity contribution in [3.8, 4) is 0 Å². The molecule has 124 valence electrons. The second-order valence-electron chi connectivity index (χ2n) is 6.24. The lowest BCUT2D eigenvalue weighted by Gasteiger charge is -2.06. The minimum Gasteiger partial charge on any atom is -0.463 e. The first-order valence-corrected chi connectivity index (χ1v) is 9.09. The fourth-order valence-electron chi connectivity index (χ4n) is 2.43. The van der Waals surface area contributed by atoms with Gasteiger partial charge in [0.1, 0.15) is 6.61 Å². The van der Waals surface area contributed by atoms with Crippen LogP contribution in [0.5, 0.6) is 0 Å². The fourth-order valence-corrected chi connectivity index (χ4v) is 2.43. The Balaban J connectivity index is 1.66. The van der Waals surface area contributed by atoms with Gasteiger partial charge in [0.25, 0.3) is 0 Å². The van der Waals surface area contributed by atoms with Gasteiger partial charge in [-0.2, -0.15) is 0 Å². The molecule has 0 heterocycles. The topological polar surface area (TPSA) is 35.5 Å². The zero-order chi connectivity index (χ0) is 15.2.